The Bertz CT molecular complexity index is 694. The molecule has 0 heterocycles. The average molecular weight is 425 g/mol. The van der Waals surface area contributed by atoms with E-state index in [-0.39, 0.29) is 12.1 Å². The minimum absolute atomic E-state index is 0.109. The molecule has 1 saturated carbocycles. The van der Waals surface area contributed by atoms with E-state index in [0.29, 0.717) is 5.56 Å². The lowest BCUT2D eigenvalue weighted by atomic mass is 9.78. The quantitative estimate of drug-likeness (QED) is 0.277. The molecule has 0 amide bonds. The van der Waals surface area contributed by atoms with Gasteiger partial charge in [0.05, 0.1) is 5.56 Å². The van der Waals surface area contributed by atoms with Crippen LogP contribution in [0.4, 0.5) is 0 Å². The van der Waals surface area contributed by atoms with E-state index in [1.807, 2.05) is 12.1 Å². The van der Waals surface area contributed by atoms with E-state index in [0.717, 1.165) is 37.0 Å². The zero-order valence-corrected chi connectivity index (χ0v) is 20.2. The summed E-state index contributed by atoms with van der Waals surface area (Å²) in [5, 5.41) is 0. The van der Waals surface area contributed by atoms with Gasteiger partial charge in [0.2, 0.25) is 0 Å². The Morgan fingerprint density at radius 3 is 2.35 bits per heavy atom. The molecule has 0 aromatic heterocycles. The van der Waals surface area contributed by atoms with Crippen LogP contribution in [-0.4, -0.2) is 12.1 Å². The average Bonchev–Trinajstić information content (AvgIpc) is 2.81. The van der Waals surface area contributed by atoms with Crippen LogP contribution in [0, 0.1) is 17.8 Å². The molecule has 2 aliphatic rings. The van der Waals surface area contributed by atoms with Crippen LogP contribution in [-0.2, 0) is 4.74 Å². The van der Waals surface area contributed by atoms with E-state index in [2.05, 4.69) is 39.0 Å². The topological polar surface area (TPSA) is 26.3 Å². The number of carbonyl (C=O) groups excluding carboxylic acids is 1. The highest BCUT2D eigenvalue weighted by Gasteiger charge is 2.24. The molecular formula is C29H44O2. The van der Waals surface area contributed by atoms with E-state index in [9.17, 15) is 4.79 Å². The molecular weight excluding hydrogens is 380 g/mol. The monoisotopic (exact) mass is 424 g/mol. The number of carbonyl (C=O) groups is 1. The van der Waals surface area contributed by atoms with Crippen molar-refractivity contribution in [2.75, 3.05) is 0 Å². The number of rotatable bonds is 10. The summed E-state index contributed by atoms with van der Waals surface area (Å²) in [5.41, 5.74) is 3.41. The Hall–Kier alpha value is -1.57. The maximum Gasteiger partial charge on any atom is 0.338 e. The first-order valence-electron chi connectivity index (χ1n) is 13.1. The second kappa shape index (κ2) is 12.5. The summed E-state index contributed by atoms with van der Waals surface area (Å²) in [5.74, 6) is 2.35. The molecule has 2 atom stereocenters. The molecule has 1 aromatic rings. The van der Waals surface area contributed by atoms with Crippen molar-refractivity contribution < 1.29 is 9.53 Å². The zero-order chi connectivity index (χ0) is 22.1. The van der Waals surface area contributed by atoms with Gasteiger partial charge >= 0.3 is 5.97 Å². The van der Waals surface area contributed by atoms with E-state index < -0.39 is 0 Å². The second-order valence-electron chi connectivity index (χ2n) is 10.2. The van der Waals surface area contributed by atoms with Crippen LogP contribution in [0.25, 0.3) is 5.57 Å². The standard InChI is InChI=1S/C29H44O2/c1-4-6-7-9-22(3)24-12-14-25(15-13-24)26-16-18-27(19-17-26)29(30)31-28-20-10-23(8-5-2)11-21-28/h14,16-19,22-24,28H,4-13,15,20-21H2,1-3H3. The van der Waals surface area contributed by atoms with Gasteiger partial charge in [-0.25, -0.2) is 4.79 Å². The number of esters is 1. The number of hydrogen-bond acceptors (Lipinski definition) is 2. The fraction of sp³-hybridized carbons (Fsp3) is 0.690. The summed E-state index contributed by atoms with van der Waals surface area (Å²) in [6.45, 7) is 6.98. The van der Waals surface area contributed by atoms with Gasteiger partial charge in [-0.3, -0.25) is 0 Å². The predicted molar refractivity (Wildman–Crippen MR) is 131 cm³/mol. The Morgan fingerprint density at radius 2 is 1.74 bits per heavy atom. The van der Waals surface area contributed by atoms with Gasteiger partial charge in [-0.05, 0) is 86.0 Å². The van der Waals surface area contributed by atoms with Gasteiger partial charge in [-0.1, -0.05) is 77.5 Å². The van der Waals surface area contributed by atoms with Gasteiger partial charge in [0.15, 0.2) is 0 Å². The van der Waals surface area contributed by atoms with E-state index in [4.69, 9.17) is 4.74 Å². The molecule has 2 heteroatoms. The molecule has 0 bridgehead atoms. The second-order valence-corrected chi connectivity index (χ2v) is 10.2. The maximum absolute atomic E-state index is 12.6. The molecule has 2 unspecified atom stereocenters. The molecule has 0 radical (unpaired) electrons. The first-order chi connectivity index (χ1) is 15.1. The van der Waals surface area contributed by atoms with Crippen LogP contribution in [0.5, 0.6) is 0 Å². The van der Waals surface area contributed by atoms with Crippen molar-refractivity contribution in [3.05, 3.63) is 41.5 Å². The Kier molecular flexibility index (Phi) is 9.68. The third kappa shape index (κ3) is 7.22. The molecule has 0 N–H and O–H groups in total. The fourth-order valence-electron chi connectivity index (χ4n) is 5.57. The van der Waals surface area contributed by atoms with Crippen molar-refractivity contribution in [3.8, 4) is 0 Å². The first-order valence-corrected chi connectivity index (χ1v) is 13.1. The van der Waals surface area contributed by atoms with Crippen molar-refractivity contribution in [3.63, 3.8) is 0 Å². The summed E-state index contributed by atoms with van der Waals surface area (Å²) in [4.78, 5) is 12.6. The smallest absolute Gasteiger partial charge is 0.338 e. The van der Waals surface area contributed by atoms with Crippen LogP contribution < -0.4 is 0 Å². The molecule has 1 aromatic carbocycles. The molecule has 172 valence electrons. The minimum atomic E-state index is -0.149. The van der Waals surface area contributed by atoms with Crippen molar-refractivity contribution in [2.45, 2.75) is 110 Å². The van der Waals surface area contributed by atoms with Crippen LogP contribution >= 0.6 is 0 Å². The fourth-order valence-corrected chi connectivity index (χ4v) is 5.57. The number of ether oxygens (including phenoxy) is 1. The molecule has 31 heavy (non-hydrogen) atoms. The van der Waals surface area contributed by atoms with Gasteiger partial charge in [0.1, 0.15) is 6.10 Å². The molecule has 2 nitrogen and oxygen atoms in total. The Balaban J connectivity index is 1.47. The molecule has 2 aliphatic carbocycles. The summed E-state index contributed by atoms with van der Waals surface area (Å²) in [6.07, 6.45) is 18.7. The number of allylic oxidation sites excluding steroid dienone is 2. The number of benzene rings is 1. The predicted octanol–water partition coefficient (Wildman–Crippen LogP) is 8.60. The van der Waals surface area contributed by atoms with Gasteiger partial charge in [-0.2, -0.15) is 0 Å². The summed E-state index contributed by atoms with van der Waals surface area (Å²) < 4.78 is 5.82. The maximum atomic E-state index is 12.6. The highest BCUT2D eigenvalue weighted by atomic mass is 16.5. The normalized spacial score (nSPS) is 25.0. The molecule has 0 saturated heterocycles. The van der Waals surface area contributed by atoms with Crippen molar-refractivity contribution >= 4 is 11.5 Å². The molecule has 0 spiro atoms. The molecule has 1 fully saturated rings. The molecule has 0 aliphatic heterocycles. The Labute approximate surface area is 190 Å². The van der Waals surface area contributed by atoms with Crippen LogP contribution in [0.3, 0.4) is 0 Å². The van der Waals surface area contributed by atoms with Gasteiger partial charge < -0.3 is 4.74 Å². The lowest BCUT2D eigenvalue weighted by molar-refractivity contribution is 0.0161. The van der Waals surface area contributed by atoms with E-state index in [1.165, 1.54) is 75.3 Å². The highest BCUT2D eigenvalue weighted by molar-refractivity contribution is 5.90. The summed E-state index contributed by atoms with van der Waals surface area (Å²) >= 11 is 0. The van der Waals surface area contributed by atoms with Crippen molar-refractivity contribution in [1.29, 1.82) is 0 Å². The summed E-state index contributed by atoms with van der Waals surface area (Å²) in [7, 11) is 0. The van der Waals surface area contributed by atoms with Crippen LogP contribution in [0.15, 0.2) is 30.3 Å². The van der Waals surface area contributed by atoms with Gasteiger partial charge in [0.25, 0.3) is 0 Å². The SMILES string of the molecule is CCCCCC(C)C1CC=C(c2ccc(C(=O)OC3CCC(CCC)CC3)cc2)CC1. The summed E-state index contributed by atoms with van der Waals surface area (Å²) in [6, 6.07) is 8.15. The highest BCUT2D eigenvalue weighted by Crippen LogP contribution is 2.36. The van der Waals surface area contributed by atoms with E-state index >= 15 is 0 Å². The van der Waals surface area contributed by atoms with Crippen molar-refractivity contribution in [2.24, 2.45) is 17.8 Å². The zero-order valence-electron chi connectivity index (χ0n) is 20.2. The van der Waals surface area contributed by atoms with Gasteiger partial charge in [-0.15, -0.1) is 0 Å². The van der Waals surface area contributed by atoms with Gasteiger partial charge in [0, 0.05) is 0 Å². The van der Waals surface area contributed by atoms with Crippen molar-refractivity contribution in [1.82, 2.24) is 0 Å². The van der Waals surface area contributed by atoms with Crippen LogP contribution in [0.1, 0.15) is 120 Å². The van der Waals surface area contributed by atoms with Crippen LogP contribution in [0.2, 0.25) is 0 Å². The number of hydrogen-bond donors (Lipinski definition) is 0. The minimum Gasteiger partial charge on any atom is -0.459 e. The third-order valence-electron chi connectivity index (χ3n) is 7.78. The van der Waals surface area contributed by atoms with E-state index in [1.54, 1.807) is 0 Å². The lowest BCUT2D eigenvalue weighted by Crippen LogP contribution is -2.24. The Morgan fingerprint density at radius 1 is 1.00 bits per heavy atom. The lowest BCUT2D eigenvalue weighted by Gasteiger charge is -2.28. The number of unbranched alkanes of at least 4 members (excludes halogenated alkanes) is 2. The third-order valence-corrected chi connectivity index (χ3v) is 7.78. The largest absolute Gasteiger partial charge is 0.459 e. The molecule has 3 rings (SSSR count). The first kappa shape index (κ1) is 24.1.